The van der Waals surface area contributed by atoms with Crippen LogP contribution in [0, 0.1) is 0 Å². The number of hydrogen-bond donors (Lipinski definition) is 1. The molecule has 2 atom stereocenters. The van der Waals surface area contributed by atoms with Gasteiger partial charge in [0.15, 0.2) is 0 Å². The van der Waals surface area contributed by atoms with E-state index < -0.39 is 6.04 Å². The number of carbonyl (C=O) groups is 2. The van der Waals surface area contributed by atoms with Crippen LogP contribution in [-0.2, 0) is 32.0 Å². The van der Waals surface area contributed by atoms with E-state index in [9.17, 15) is 9.59 Å². The number of carbonyl (C=O) groups excluding carboxylic acids is 2. The number of hydrogen-bond acceptors (Lipinski definition) is 5. The number of nitrogens with one attached hydrogen (secondary N) is 1. The van der Waals surface area contributed by atoms with Crippen LogP contribution in [0.3, 0.4) is 0 Å². The first-order chi connectivity index (χ1) is 15.1. The van der Waals surface area contributed by atoms with E-state index in [1.54, 1.807) is 0 Å². The molecule has 0 fully saturated rings. The number of H-pyrrole nitrogens is 1. The summed E-state index contributed by atoms with van der Waals surface area (Å²) in [5, 5.41) is 1.12. The third-order valence-electron chi connectivity index (χ3n) is 5.99. The Bertz CT molecular complexity index is 1060. The third-order valence-corrected chi connectivity index (χ3v) is 5.99. The SMILES string of the molecule is CCOC(=O)[C@H]1Cc2c([nH]c3ccccc23)[C@H](CCC(=O)OC)N1Cc1ccccc1. The summed E-state index contributed by atoms with van der Waals surface area (Å²) in [6.45, 7) is 2.75. The second-order valence-electron chi connectivity index (χ2n) is 7.82. The van der Waals surface area contributed by atoms with Crippen LogP contribution in [0.1, 0.15) is 42.6 Å². The number of benzene rings is 2. The number of esters is 2. The van der Waals surface area contributed by atoms with Crippen molar-refractivity contribution in [1.29, 1.82) is 0 Å². The van der Waals surface area contributed by atoms with Crippen LogP contribution in [0.15, 0.2) is 54.6 Å². The number of para-hydroxylation sites is 1. The molecule has 6 nitrogen and oxygen atoms in total. The number of rotatable bonds is 7. The third kappa shape index (κ3) is 4.35. The molecule has 1 N–H and O–H groups in total. The van der Waals surface area contributed by atoms with Crippen molar-refractivity contribution in [1.82, 2.24) is 9.88 Å². The monoisotopic (exact) mass is 420 g/mol. The average Bonchev–Trinajstić information content (AvgIpc) is 3.17. The summed E-state index contributed by atoms with van der Waals surface area (Å²) in [5.41, 5.74) is 4.36. The van der Waals surface area contributed by atoms with Crippen LogP contribution in [0.4, 0.5) is 0 Å². The molecule has 0 unspecified atom stereocenters. The molecule has 0 spiro atoms. The van der Waals surface area contributed by atoms with E-state index in [1.165, 1.54) is 7.11 Å². The second-order valence-corrected chi connectivity index (χ2v) is 7.82. The van der Waals surface area contributed by atoms with Crippen molar-refractivity contribution < 1.29 is 19.1 Å². The molecule has 3 aromatic rings. The van der Waals surface area contributed by atoms with Crippen molar-refractivity contribution in [2.45, 2.75) is 44.8 Å². The van der Waals surface area contributed by atoms with Crippen LogP contribution >= 0.6 is 0 Å². The maximum atomic E-state index is 13.0. The summed E-state index contributed by atoms with van der Waals surface area (Å²) in [4.78, 5) is 30.8. The van der Waals surface area contributed by atoms with Gasteiger partial charge in [0.2, 0.25) is 0 Å². The van der Waals surface area contributed by atoms with Crippen molar-refractivity contribution in [3.05, 3.63) is 71.4 Å². The first kappa shape index (κ1) is 21.1. The molecular formula is C25H28N2O4. The first-order valence-electron chi connectivity index (χ1n) is 10.7. The van der Waals surface area contributed by atoms with Crippen LogP contribution in [0.5, 0.6) is 0 Å². The molecule has 1 aliphatic rings. The minimum atomic E-state index is -0.422. The Morgan fingerprint density at radius 3 is 2.58 bits per heavy atom. The molecule has 0 aliphatic carbocycles. The molecule has 0 radical (unpaired) electrons. The smallest absolute Gasteiger partial charge is 0.323 e. The van der Waals surface area contributed by atoms with Gasteiger partial charge in [0.05, 0.1) is 19.8 Å². The number of ether oxygens (including phenoxy) is 2. The number of aromatic amines is 1. The van der Waals surface area contributed by atoms with Gasteiger partial charge in [-0.1, -0.05) is 48.5 Å². The molecule has 31 heavy (non-hydrogen) atoms. The highest BCUT2D eigenvalue weighted by molar-refractivity contribution is 5.87. The maximum absolute atomic E-state index is 13.0. The lowest BCUT2D eigenvalue weighted by atomic mass is 9.89. The molecule has 6 heteroatoms. The average molecular weight is 421 g/mol. The van der Waals surface area contributed by atoms with Gasteiger partial charge in [-0.25, -0.2) is 0 Å². The predicted molar refractivity (Wildman–Crippen MR) is 118 cm³/mol. The lowest BCUT2D eigenvalue weighted by molar-refractivity contribution is -0.151. The van der Waals surface area contributed by atoms with Crippen LogP contribution in [-0.4, -0.2) is 41.6 Å². The summed E-state index contributed by atoms with van der Waals surface area (Å²) in [5.74, 6) is -0.479. The quantitative estimate of drug-likeness (QED) is 0.582. The van der Waals surface area contributed by atoms with Gasteiger partial charge >= 0.3 is 11.9 Å². The molecule has 0 bridgehead atoms. The van der Waals surface area contributed by atoms with E-state index in [0.717, 1.165) is 27.7 Å². The molecule has 162 valence electrons. The summed E-state index contributed by atoms with van der Waals surface area (Å²) in [7, 11) is 1.40. The Kier molecular flexibility index (Phi) is 6.37. The van der Waals surface area contributed by atoms with E-state index in [2.05, 4.69) is 28.1 Å². The van der Waals surface area contributed by atoms with Gasteiger partial charge in [-0.15, -0.1) is 0 Å². The summed E-state index contributed by atoms with van der Waals surface area (Å²) in [6, 6.07) is 17.7. The Balaban J connectivity index is 1.79. The number of aromatic nitrogens is 1. The molecular weight excluding hydrogens is 392 g/mol. The van der Waals surface area contributed by atoms with Crippen molar-refractivity contribution in [2.24, 2.45) is 0 Å². The fraction of sp³-hybridized carbons (Fsp3) is 0.360. The molecule has 0 amide bonds. The van der Waals surface area contributed by atoms with Crippen molar-refractivity contribution >= 4 is 22.8 Å². The standard InChI is InChI=1S/C25H28N2O4/c1-3-31-25(29)22-15-19-18-11-7-8-12-20(18)26-24(19)21(13-14-23(28)30-2)27(22)16-17-9-5-4-6-10-17/h4-12,21-22,26H,3,13-16H2,1-2H3/t21-,22+/m0/s1. The van der Waals surface area contributed by atoms with Crippen LogP contribution in [0.2, 0.25) is 0 Å². The van der Waals surface area contributed by atoms with Crippen LogP contribution in [0.25, 0.3) is 10.9 Å². The number of nitrogens with zero attached hydrogens (tertiary/aromatic N) is 1. The number of fused-ring (bicyclic) bond motifs is 3. The lowest BCUT2D eigenvalue weighted by Crippen LogP contribution is -2.48. The Morgan fingerprint density at radius 1 is 1.10 bits per heavy atom. The highest BCUT2D eigenvalue weighted by atomic mass is 16.5. The van der Waals surface area contributed by atoms with E-state index in [1.807, 2.05) is 43.3 Å². The van der Waals surface area contributed by atoms with Crippen molar-refractivity contribution in [3.63, 3.8) is 0 Å². The minimum Gasteiger partial charge on any atom is -0.469 e. The van der Waals surface area contributed by atoms with Crippen molar-refractivity contribution in [2.75, 3.05) is 13.7 Å². The summed E-state index contributed by atoms with van der Waals surface area (Å²) >= 11 is 0. The summed E-state index contributed by atoms with van der Waals surface area (Å²) in [6.07, 6.45) is 1.39. The zero-order valence-corrected chi connectivity index (χ0v) is 18.0. The van der Waals surface area contributed by atoms with Gasteiger partial charge in [0.25, 0.3) is 0 Å². The van der Waals surface area contributed by atoms with E-state index in [4.69, 9.17) is 9.47 Å². The van der Waals surface area contributed by atoms with Gasteiger partial charge in [0.1, 0.15) is 6.04 Å². The maximum Gasteiger partial charge on any atom is 0.323 e. The summed E-state index contributed by atoms with van der Waals surface area (Å²) < 4.78 is 10.4. The largest absolute Gasteiger partial charge is 0.469 e. The highest BCUT2D eigenvalue weighted by Gasteiger charge is 2.40. The van der Waals surface area contributed by atoms with Gasteiger partial charge in [-0.3, -0.25) is 14.5 Å². The lowest BCUT2D eigenvalue weighted by Gasteiger charge is -2.41. The Labute approximate surface area is 182 Å². The molecule has 2 heterocycles. The van der Waals surface area contributed by atoms with E-state index in [0.29, 0.717) is 26.0 Å². The zero-order valence-electron chi connectivity index (χ0n) is 18.0. The zero-order chi connectivity index (χ0) is 21.8. The predicted octanol–water partition coefficient (Wildman–Crippen LogP) is 4.15. The van der Waals surface area contributed by atoms with Gasteiger partial charge in [-0.2, -0.15) is 0 Å². The first-order valence-corrected chi connectivity index (χ1v) is 10.7. The van der Waals surface area contributed by atoms with Crippen LogP contribution < -0.4 is 0 Å². The Hall–Kier alpha value is -3.12. The van der Waals surface area contributed by atoms with E-state index >= 15 is 0 Å². The van der Waals surface area contributed by atoms with Gasteiger partial charge < -0.3 is 14.5 Å². The Morgan fingerprint density at radius 2 is 1.84 bits per heavy atom. The molecule has 0 saturated carbocycles. The molecule has 1 aromatic heterocycles. The topological polar surface area (TPSA) is 71.6 Å². The molecule has 0 saturated heterocycles. The molecule has 2 aromatic carbocycles. The number of methoxy groups -OCH3 is 1. The van der Waals surface area contributed by atoms with Gasteiger partial charge in [0, 0.05) is 36.0 Å². The highest BCUT2D eigenvalue weighted by Crippen LogP contribution is 2.40. The normalized spacial score (nSPS) is 18.5. The second kappa shape index (κ2) is 9.35. The fourth-order valence-corrected chi connectivity index (χ4v) is 4.56. The molecule has 4 rings (SSSR count). The molecule has 1 aliphatic heterocycles. The van der Waals surface area contributed by atoms with Crippen molar-refractivity contribution in [3.8, 4) is 0 Å². The van der Waals surface area contributed by atoms with Gasteiger partial charge in [-0.05, 0) is 30.5 Å². The van der Waals surface area contributed by atoms with E-state index in [-0.39, 0.29) is 24.4 Å². The fourth-order valence-electron chi connectivity index (χ4n) is 4.56. The minimum absolute atomic E-state index is 0.134.